The number of carbonyl (C=O) groups is 3. The second-order valence-corrected chi connectivity index (χ2v) is 13.6. The number of hydrogen-bond acceptors (Lipinski definition) is 6. The minimum atomic E-state index is -0.851. The number of thioether (sulfide) groups is 1. The van der Waals surface area contributed by atoms with Gasteiger partial charge < -0.3 is 19.6 Å². The monoisotopic (exact) mass is 614 g/mol. The summed E-state index contributed by atoms with van der Waals surface area (Å²) in [6, 6.07) is 12.4. The summed E-state index contributed by atoms with van der Waals surface area (Å²) in [5.41, 5.74) is 0.714. The van der Waals surface area contributed by atoms with Crippen LogP contribution in [0.3, 0.4) is 0 Å². The van der Waals surface area contributed by atoms with E-state index in [1.165, 1.54) is 0 Å². The van der Waals surface area contributed by atoms with Gasteiger partial charge in [0.2, 0.25) is 5.91 Å². The molecule has 0 aromatic heterocycles. The zero-order valence-electron chi connectivity index (χ0n) is 22.5. The topological polar surface area (TPSA) is 87.2 Å². The number of benzene rings is 2. The summed E-state index contributed by atoms with van der Waals surface area (Å²) in [5.74, 6) is -2.30. The Morgan fingerprint density at radius 1 is 1.28 bits per heavy atom. The first kappa shape index (κ1) is 28.2. The van der Waals surface area contributed by atoms with Gasteiger partial charge in [-0.25, -0.2) is 0 Å². The van der Waals surface area contributed by atoms with E-state index >= 15 is 0 Å². The first-order valence-electron chi connectivity index (χ1n) is 13.5. The maximum absolute atomic E-state index is 14.8. The second kappa shape index (κ2) is 10.9. The van der Waals surface area contributed by atoms with Gasteiger partial charge in [0.25, 0.3) is 5.91 Å². The lowest BCUT2D eigenvalue weighted by Crippen LogP contribution is -2.59. The van der Waals surface area contributed by atoms with Crippen molar-refractivity contribution in [1.82, 2.24) is 4.90 Å². The van der Waals surface area contributed by atoms with Gasteiger partial charge in [0.05, 0.1) is 35.8 Å². The van der Waals surface area contributed by atoms with E-state index in [1.54, 1.807) is 34.6 Å². The molecule has 7 atom stereocenters. The highest BCUT2D eigenvalue weighted by atomic mass is 79.9. The zero-order valence-corrected chi connectivity index (χ0v) is 24.9. The van der Waals surface area contributed by atoms with Crippen molar-refractivity contribution in [2.45, 2.75) is 54.1 Å². The fourth-order valence-electron chi connectivity index (χ4n) is 6.78. The van der Waals surface area contributed by atoms with Gasteiger partial charge >= 0.3 is 5.97 Å². The number of anilines is 1. The van der Waals surface area contributed by atoms with E-state index < -0.39 is 34.6 Å². The van der Waals surface area contributed by atoms with E-state index in [-0.39, 0.29) is 47.6 Å². The minimum Gasteiger partial charge on any atom is -0.466 e. The highest BCUT2D eigenvalue weighted by Crippen LogP contribution is 2.68. The van der Waals surface area contributed by atoms with Gasteiger partial charge in [-0.3, -0.25) is 14.4 Å². The molecule has 1 N–H and O–H groups in total. The number of aliphatic hydroxyl groups is 1. The van der Waals surface area contributed by atoms with E-state index in [1.807, 2.05) is 56.3 Å². The second-order valence-electron chi connectivity index (χ2n) is 10.9. The fraction of sp³-hybridized carbons (Fsp3) is 0.500. The van der Waals surface area contributed by atoms with Crippen LogP contribution in [-0.4, -0.2) is 74.5 Å². The van der Waals surface area contributed by atoms with Crippen molar-refractivity contribution in [2.75, 3.05) is 24.7 Å². The number of ether oxygens (including phenoxy) is 1. The van der Waals surface area contributed by atoms with Gasteiger partial charge in [-0.1, -0.05) is 66.2 Å². The van der Waals surface area contributed by atoms with Crippen molar-refractivity contribution >= 4 is 61.9 Å². The Kier molecular flexibility index (Phi) is 7.87. The standard InChI is InChI=1S/C30H35BrN2O5S/c1-5-13-32(20-12-11-18-9-7-8-10-19(18)14-20)28(36)26-30-15-21(31)25(39-30)23(29(37)38-6-2)24(30)27(35)33(26)22(16-34)17(3)4/h5,7-12,14,17,21-26,34H,1,6,13,15-16H2,2-4H3/t21?,22-,23-,24-,25-,26?,30?/m0/s1. The smallest absolute Gasteiger partial charge is 0.310 e. The molecule has 9 heteroatoms. The van der Waals surface area contributed by atoms with Gasteiger partial charge in [0, 0.05) is 22.3 Å². The third-order valence-electron chi connectivity index (χ3n) is 8.46. The number of esters is 1. The van der Waals surface area contributed by atoms with Crippen LogP contribution in [0.4, 0.5) is 5.69 Å². The lowest BCUT2D eigenvalue weighted by atomic mass is 9.71. The SMILES string of the molecule is C=CCN(C(=O)C1N([C@@H](CO)C(C)C)C(=O)[C@@H]2[C@H](C(=O)OCC)[C@H]3SC12CC3Br)c1ccc2ccccc2c1. The average Bonchev–Trinajstić information content (AvgIpc) is 3.51. The van der Waals surface area contributed by atoms with Gasteiger partial charge in [-0.2, -0.15) is 0 Å². The van der Waals surface area contributed by atoms with Crippen LogP contribution < -0.4 is 4.90 Å². The highest BCUT2D eigenvalue weighted by Gasteiger charge is 2.76. The van der Waals surface area contributed by atoms with Crippen LogP contribution in [0.1, 0.15) is 27.2 Å². The summed E-state index contributed by atoms with van der Waals surface area (Å²) in [5, 5.41) is 12.3. The third kappa shape index (κ3) is 4.41. The van der Waals surface area contributed by atoms with Crippen LogP contribution in [0.2, 0.25) is 0 Å². The summed E-state index contributed by atoms with van der Waals surface area (Å²) in [6.07, 6.45) is 2.25. The molecule has 3 fully saturated rings. The fourth-order valence-corrected chi connectivity index (χ4v) is 10.4. The van der Waals surface area contributed by atoms with Crippen molar-refractivity contribution in [3.05, 3.63) is 55.1 Å². The van der Waals surface area contributed by atoms with Crippen molar-refractivity contribution in [1.29, 1.82) is 0 Å². The molecule has 0 saturated carbocycles. The summed E-state index contributed by atoms with van der Waals surface area (Å²) in [4.78, 5) is 45.5. The van der Waals surface area contributed by atoms with E-state index in [0.717, 1.165) is 10.8 Å². The molecule has 0 aliphatic carbocycles. The summed E-state index contributed by atoms with van der Waals surface area (Å²) < 4.78 is 4.62. The number of amides is 2. The molecule has 2 bridgehead atoms. The first-order valence-corrected chi connectivity index (χ1v) is 15.3. The molecular formula is C30H35BrN2O5S. The molecule has 3 aliphatic rings. The number of nitrogens with zero attached hydrogens (tertiary/aromatic N) is 2. The molecule has 3 heterocycles. The Labute approximate surface area is 242 Å². The third-order valence-corrected chi connectivity index (χ3v) is 11.7. The number of aliphatic hydroxyl groups excluding tert-OH is 1. The van der Waals surface area contributed by atoms with Gasteiger partial charge in [0.15, 0.2) is 0 Å². The summed E-state index contributed by atoms with van der Waals surface area (Å²) >= 11 is 5.35. The van der Waals surface area contributed by atoms with Crippen LogP contribution in [0.15, 0.2) is 55.1 Å². The lowest BCUT2D eigenvalue weighted by Gasteiger charge is -2.41. The summed E-state index contributed by atoms with van der Waals surface area (Å²) in [6.45, 7) is 9.74. The van der Waals surface area contributed by atoms with Crippen LogP contribution in [0.25, 0.3) is 10.8 Å². The molecule has 2 aromatic carbocycles. The Bertz CT molecular complexity index is 1300. The number of rotatable bonds is 9. The number of carbonyl (C=O) groups excluding carboxylic acids is 3. The largest absolute Gasteiger partial charge is 0.466 e. The Hall–Kier alpha value is -2.36. The number of fused-ring (bicyclic) bond motifs is 2. The molecule has 3 unspecified atom stereocenters. The average molecular weight is 616 g/mol. The molecule has 2 amide bonds. The summed E-state index contributed by atoms with van der Waals surface area (Å²) in [7, 11) is 0. The zero-order chi connectivity index (χ0) is 28.1. The van der Waals surface area contributed by atoms with Crippen LogP contribution in [-0.2, 0) is 19.1 Å². The number of alkyl halides is 1. The first-order chi connectivity index (χ1) is 18.7. The molecule has 5 rings (SSSR count). The van der Waals surface area contributed by atoms with E-state index in [0.29, 0.717) is 12.1 Å². The van der Waals surface area contributed by atoms with E-state index in [2.05, 4.69) is 22.5 Å². The Morgan fingerprint density at radius 3 is 2.64 bits per heavy atom. The van der Waals surface area contributed by atoms with Gasteiger partial charge in [-0.05, 0) is 42.2 Å². The molecule has 208 valence electrons. The maximum atomic E-state index is 14.8. The lowest BCUT2D eigenvalue weighted by molar-refractivity contribution is -0.154. The van der Waals surface area contributed by atoms with Gasteiger partial charge in [-0.15, -0.1) is 18.3 Å². The molecule has 0 radical (unpaired) electrons. The van der Waals surface area contributed by atoms with E-state index in [4.69, 9.17) is 4.74 Å². The van der Waals surface area contributed by atoms with Crippen LogP contribution in [0.5, 0.6) is 0 Å². The number of halogens is 1. The predicted molar refractivity (Wildman–Crippen MR) is 158 cm³/mol. The molecule has 3 aliphatic heterocycles. The molecular weight excluding hydrogens is 580 g/mol. The van der Waals surface area contributed by atoms with Crippen molar-refractivity contribution in [3.63, 3.8) is 0 Å². The highest BCUT2D eigenvalue weighted by molar-refractivity contribution is 9.09. The molecule has 1 spiro atoms. The van der Waals surface area contributed by atoms with Gasteiger partial charge in [0.1, 0.15) is 6.04 Å². The van der Waals surface area contributed by atoms with Crippen molar-refractivity contribution in [2.24, 2.45) is 17.8 Å². The quantitative estimate of drug-likeness (QED) is 0.256. The predicted octanol–water partition coefficient (Wildman–Crippen LogP) is 4.40. The van der Waals surface area contributed by atoms with Crippen LogP contribution in [0, 0.1) is 17.8 Å². The van der Waals surface area contributed by atoms with Crippen LogP contribution >= 0.6 is 27.7 Å². The normalized spacial score (nSPS) is 30.1. The van der Waals surface area contributed by atoms with E-state index in [9.17, 15) is 19.5 Å². The van der Waals surface area contributed by atoms with Crippen molar-refractivity contribution < 1.29 is 24.2 Å². The minimum absolute atomic E-state index is 0.0450. The maximum Gasteiger partial charge on any atom is 0.310 e. The Balaban J connectivity index is 1.64. The molecule has 2 aromatic rings. The number of likely N-dealkylation sites (tertiary alicyclic amines) is 1. The Morgan fingerprint density at radius 2 is 2.00 bits per heavy atom. The van der Waals surface area contributed by atoms with Crippen molar-refractivity contribution in [3.8, 4) is 0 Å². The molecule has 39 heavy (non-hydrogen) atoms. The number of hydrogen-bond donors (Lipinski definition) is 1. The molecule has 3 saturated heterocycles. The molecule has 7 nitrogen and oxygen atoms in total.